The summed E-state index contributed by atoms with van der Waals surface area (Å²) in [5.74, 6) is -1.53. The van der Waals surface area contributed by atoms with E-state index in [2.05, 4.69) is 0 Å². The third kappa shape index (κ3) is 2.66. The Morgan fingerprint density at radius 3 is 2.75 bits per heavy atom. The number of aliphatic carboxylic acids is 1. The smallest absolute Gasteiger partial charge is 0.308 e. The van der Waals surface area contributed by atoms with Gasteiger partial charge in [0.05, 0.1) is 16.5 Å². The number of likely N-dealkylation sites (tertiary alicyclic amines) is 1. The minimum Gasteiger partial charge on any atom is -0.481 e. The number of halogens is 1. The van der Waals surface area contributed by atoms with Crippen molar-refractivity contribution >= 4 is 23.5 Å². The van der Waals surface area contributed by atoms with Crippen LogP contribution in [0.1, 0.15) is 35.7 Å². The van der Waals surface area contributed by atoms with Crippen molar-refractivity contribution in [1.82, 2.24) is 4.90 Å². The van der Waals surface area contributed by atoms with Crippen LogP contribution in [-0.2, 0) is 4.79 Å². The minimum absolute atomic E-state index is 0.183. The maximum absolute atomic E-state index is 12.6. The van der Waals surface area contributed by atoms with Crippen molar-refractivity contribution in [1.29, 1.82) is 0 Å². The number of nitrogens with zero attached hydrogens (tertiary/aromatic N) is 1. The second-order valence-electron chi connectivity index (χ2n) is 5.26. The van der Waals surface area contributed by atoms with Crippen molar-refractivity contribution in [3.63, 3.8) is 0 Å². The number of carbonyl (C=O) groups is 2. The van der Waals surface area contributed by atoms with Gasteiger partial charge in [-0.25, -0.2) is 0 Å². The van der Waals surface area contributed by atoms with Crippen molar-refractivity contribution in [2.24, 2.45) is 5.92 Å². The summed E-state index contributed by atoms with van der Waals surface area (Å²) in [7, 11) is 0. The van der Waals surface area contributed by atoms with Crippen LogP contribution in [0.15, 0.2) is 18.2 Å². The highest BCUT2D eigenvalue weighted by Crippen LogP contribution is 2.28. The van der Waals surface area contributed by atoms with Crippen molar-refractivity contribution in [3.8, 4) is 0 Å². The average Bonchev–Trinajstić information content (AvgIpc) is 2.41. The van der Waals surface area contributed by atoms with Crippen molar-refractivity contribution in [2.75, 3.05) is 6.54 Å². The van der Waals surface area contributed by atoms with Gasteiger partial charge in [0.25, 0.3) is 5.91 Å². The number of aryl methyl sites for hydroxylation is 1. The highest BCUT2D eigenvalue weighted by atomic mass is 35.5. The normalized spacial score (nSPS) is 22.6. The molecule has 1 amide bonds. The van der Waals surface area contributed by atoms with Crippen molar-refractivity contribution in [3.05, 3.63) is 34.3 Å². The van der Waals surface area contributed by atoms with E-state index in [0.717, 1.165) is 5.56 Å². The Balaban J connectivity index is 2.28. The molecule has 0 unspecified atom stereocenters. The molecular weight excluding hydrogens is 278 g/mol. The Kier molecular flexibility index (Phi) is 4.33. The first-order chi connectivity index (χ1) is 9.43. The third-order valence-corrected chi connectivity index (χ3v) is 4.49. The van der Waals surface area contributed by atoms with E-state index in [-0.39, 0.29) is 11.9 Å². The molecule has 1 heterocycles. The molecule has 0 aromatic heterocycles. The molecule has 5 heteroatoms. The largest absolute Gasteiger partial charge is 0.481 e. The second kappa shape index (κ2) is 5.83. The minimum atomic E-state index is -0.842. The lowest BCUT2D eigenvalue weighted by molar-refractivity contribution is -0.144. The van der Waals surface area contributed by atoms with Gasteiger partial charge in [0.1, 0.15) is 0 Å². The molecule has 0 saturated carbocycles. The summed E-state index contributed by atoms with van der Waals surface area (Å²) in [5, 5.41) is 9.66. The summed E-state index contributed by atoms with van der Waals surface area (Å²) in [5.41, 5.74) is 1.29. The average molecular weight is 296 g/mol. The predicted octanol–water partition coefficient (Wildman–Crippen LogP) is 2.97. The molecule has 0 spiro atoms. The van der Waals surface area contributed by atoms with Crippen LogP contribution >= 0.6 is 11.6 Å². The molecule has 1 aliphatic heterocycles. The zero-order valence-electron chi connectivity index (χ0n) is 11.6. The van der Waals surface area contributed by atoms with Gasteiger partial charge in [0, 0.05) is 12.6 Å². The summed E-state index contributed by atoms with van der Waals surface area (Å²) in [6.45, 7) is 4.21. The topological polar surface area (TPSA) is 57.6 Å². The van der Waals surface area contributed by atoms with E-state index in [9.17, 15) is 14.7 Å². The number of carboxylic acid groups (broad SMARTS) is 1. The molecule has 1 saturated heterocycles. The molecule has 4 nitrogen and oxygen atoms in total. The standard InChI is InChI=1S/C15H18ClNO3/c1-9-5-3-6-12(13(9)16)14(18)17-8-4-7-11(10(17)2)15(19)20/h3,5-6,10-11H,4,7-8H2,1-2H3,(H,19,20)/t10-,11-/m1/s1. The van der Waals surface area contributed by atoms with Crippen LogP contribution in [-0.4, -0.2) is 34.5 Å². The van der Waals surface area contributed by atoms with Crippen LogP contribution in [0, 0.1) is 12.8 Å². The van der Waals surface area contributed by atoms with Crippen molar-refractivity contribution in [2.45, 2.75) is 32.7 Å². The number of hydrogen-bond donors (Lipinski definition) is 1. The lowest BCUT2D eigenvalue weighted by Crippen LogP contribution is -2.49. The number of benzene rings is 1. The monoisotopic (exact) mass is 295 g/mol. The van der Waals surface area contributed by atoms with E-state index in [4.69, 9.17) is 11.6 Å². The zero-order valence-corrected chi connectivity index (χ0v) is 12.4. The van der Waals surface area contributed by atoms with Crippen LogP contribution in [0.2, 0.25) is 5.02 Å². The summed E-state index contributed by atoms with van der Waals surface area (Å²) >= 11 is 6.19. The predicted molar refractivity (Wildman–Crippen MR) is 77.0 cm³/mol. The van der Waals surface area contributed by atoms with Crippen LogP contribution in [0.25, 0.3) is 0 Å². The summed E-state index contributed by atoms with van der Waals surface area (Å²) in [6.07, 6.45) is 1.32. The number of carboxylic acids is 1. The SMILES string of the molecule is Cc1cccc(C(=O)N2CCC[C@@H](C(=O)O)[C@H]2C)c1Cl. The van der Waals surface area contributed by atoms with Gasteiger partial charge < -0.3 is 10.0 Å². The first kappa shape index (κ1) is 14.9. The van der Waals surface area contributed by atoms with Crippen LogP contribution in [0.5, 0.6) is 0 Å². The highest BCUT2D eigenvalue weighted by molar-refractivity contribution is 6.34. The van der Waals surface area contributed by atoms with Gasteiger partial charge in [-0.2, -0.15) is 0 Å². The second-order valence-corrected chi connectivity index (χ2v) is 5.64. The summed E-state index contributed by atoms with van der Waals surface area (Å²) < 4.78 is 0. The van der Waals surface area contributed by atoms with E-state index in [1.807, 2.05) is 13.0 Å². The number of piperidine rings is 1. The van der Waals surface area contributed by atoms with E-state index >= 15 is 0 Å². The number of carbonyl (C=O) groups excluding carboxylic acids is 1. The fourth-order valence-corrected chi connectivity index (χ4v) is 2.93. The molecular formula is C15H18ClNO3. The fourth-order valence-electron chi connectivity index (χ4n) is 2.73. The van der Waals surface area contributed by atoms with E-state index in [1.165, 1.54) is 0 Å². The Morgan fingerprint density at radius 1 is 1.40 bits per heavy atom. The highest BCUT2D eigenvalue weighted by Gasteiger charge is 2.36. The first-order valence-corrected chi connectivity index (χ1v) is 7.10. The Bertz CT molecular complexity index is 544. The Morgan fingerprint density at radius 2 is 2.10 bits per heavy atom. The zero-order chi connectivity index (χ0) is 14.9. The van der Waals surface area contributed by atoms with Gasteiger partial charge in [-0.3, -0.25) is 9.59 Å². The van der Waals surface area contributed by atoms with Gasteiger partial charge >= 0.3 is 5.97 Å². The van der Waals surface area contributed by atoms with Gasteiger partial charge in [0.15, 0.2) is 0 Å². The maximum atomic E-state index is 12.6. The van der Waals surface area contributed by atoms with E-state index in [0.29, 0.717) is 30.0 Å². The van der Waals surface area contributed by atoms with E-state index in [1.54, 1.807) is 24.0 Å². The van der Waals surface area contributed by atoms with Crippen LogP contribution in [0.3, 0.4) is 0 Å². The molecule has 108 valence electrons. The van der Waals surface area contributed by atoms with Gasteiger partial charge in [0.2, 0.25) is 0 Å². The number of rotatable bonds is 2. The molecule has 1 aromatic rings. The molecule has 20 heavy (non-hydrogen) atoms. The molecule has 2 rings (SSSR count). The van der Waals surface area contributed by atoms with Gasteiger partial charge in [-0.1, -0.05) is 23.7 Å². The Labute approximate surface area is 123 Å². The Hall–Kier alpha value is -1.55. The maximum Gasteiger partial charge on any atom is 0.308 e. The van der Waals surface area contributed by atoms with Gasteiger partial charge in [-0.05, 0) is 38.3 Å². The first-order valence-electron chi connectivity index (χ1n) is 6.72. The fraction of sp³-hybridized carbons (Fsp3) is 0.467. The summed E-state index contributed by atoms with van der Waals surface area (Å²) in [4.78, 5) is 25.5. The molecule has 0 aliphatic carbocycles. The van der Waals surface area contributed by atoms with E-state index < -0.39 is 11.9 Å². The number of amides is 1. The molecule has 2 atom stereocenters. The lowest BCUT2D eigenvalue weighted by atomic mass is 9.89. The molecule has 0 radical (unpaired) electrons. The van der Waals surface area contributed by atoms with Crippen LogP contribution in [0.4, 0.5) is 0 Å². The van der Waals surface area contributed by atoms with Crippen molar-refractivity contribution < 1.29 is 14.7 Å². The summed E-state index contributed by atoms with van der Waals surface area (Å²) in [6, 6.07) is 5.01. The molecule has 1 aliphatic rings. The third-order valence-electron chi connectivity index (χ3n) is 3.99. The molecule has 1 fully saturated rings. The molecule has 1 N–H and O–H groups in total. The molecule has 1 aromatic carbocycles. The number of hydrogen-bond acceptors (Lipinski definition) is 2. The quantitative estimate of drug-likeness (QED) is 0.912. The van der Waals surface area contributed by atoms with Crippen LogP contribution < -0.4 is 0 Å². The van der Waals surface area contributed by atoms with Gasteiger partial charge in [-0.15, -0.1) is 0 Å². The molecule has 0 bridgehead atoms. The lowest BCUT2D eigenvalue weighted by Gasteiger charge is -2.37.